The van der Waals surface area contributed by atoms with Gasteiger partial charge in [-0.3, -0.25) is 9.59 Å². The summed E-state index contributed by atoms with van der Waals surface area (Å²) in [6.45, 7) is 1.89. The molecule has 4 rings (SSSR count). The molecule has 1 aromatic heterocycles. The zero-order valence-electron chi connectivity index (χ0n) is 18.9. The number of ether oxygens (including phenoxy) is 1. The second kappa shape index (κ2) is 11.6. The van der Waals surface area contributed by atoms with E-state index in [1.807, 2.05) is 4.90 Å². The second-order valence-electron chi connectivity index (χ2n) is 9.06. The SMILES string of the molecule is O=C(C=Cc1cnc(N[C@@H]2CCN(C(=O)C3CCCCC3)C2)c(F)c1)NOC1CCCCO1. The zero-order chi connectivity index (χ0) is 23.0. The highest BCUT2D eigenvalue weighted by Gasteiger charge is 2.31. The van der Waals surface area contributed by atoms with Gasteiger partial charge in [0.15, 0.2) is 17.9 Å². The quantitative estimate of drug-likeness (QED) is 0.479. The summed E-state index contributed by atoms with van der Waals surface area (Å²) in [4.78, 5) is 35.9. The largest absolute Gasteiger partial charge is 0.363 e. The average Bonchev–Trinajstić information content (AvgIpc) is 3.32. The highest BCUT2D eigenvalue weighted by atomic mass is 19.1. The molecule has 0 bridgehead atoms. The molecule has 2 saturated heterocycles. The van der Waals surface area contributed by atoms with Crippen molar-refractivity contribution in [3.63, 3.8) is 0 Å². The molecule has 3 heterocycles. The van der Waals surface area contributed by atoms with Crippen molar-refractivity contribution in [1.82, 2.24) is 15.4 Å². The molecule has 1 aliphatic carbocycles. The number of carbonyl (C=O) groups is 2. The van der Waals surface area contributed by atoms with Crippen LogP contribution in [0.15, 0.2) is 18.3 Å². The first kappa shape index (κ1) is 23.6. The highest BCUT2D eigenvalue weighted by molar-refractivity contribution is 5.90. The summed E-state index contributed by atoms with van der Waals surface area (Å²) in [5, 5.41) is 3.13. The maximum absolute atomic E-state index is 14.6. The van der Waals surface area contributed by atoms with Gasteiger partial charge in [-0.15, -0.1) is 0 Å². The van der Waals surface area contributed by atoms with Crippen molar-refractivity contribution in [1.29, 1.82) is 0 Å². The standard InChI is InChI=1S/C24H33FN4O4/c25-20-14-17(9-10-21(30)28-33-22-8-4-5-13-32-22)15-26-23(20)27-19-11-12-29(16-19)24(31)18-6-2-1-3-7-18/h9-10,14-15,18-19,22H,1-8,11-13,16H2,(H,26,27)(H,28,30)/t19-,22?/m1/s1. The average molecular weight is 461 g/mol. The number of anilines is 1. The zero-order valence-corrected chi connectivity index (χ0v) is 18.9. The van der Waals surface area contributed by atoms with Crippen LogP contribution in [0.3, 0.4) is 0 Å². The van der Waals surface area contributed by atoms with Crippen LogP contribution in [0, 0.1) is 11.7 Å². The summed E-state index contributed by atoms with van der Waals surface area (Å²) in [7, 11) is 0. The van der Waals surface area contributed by atoms with Crippen molar-refractivity contribution < 1.29 is 23.6 Å². The van der Waals surface area contributed by atoms with E-state index in [9.17, 15) is 14.0 Å². The first-order valence-corrected chi connectivity index (χ1v) is 12.0. The molecule has 3 aliphatic rings. The third-order valence-corrected chi connectivity index (χ3v) is 6.51. The maximum atomic E-state index is 14.6. The van der Waals surface area contributed by atoms with Crippen LogP contribution >= 0.6 is 0 Å². The number of halogens is 1. The number of carbonyl (C=O) groups excluding carboxylic acids is 2. The molecular weight excluding hydrogens is 427 g/mol. The van der Waals surface area contributed by atoms with Gasteiger partial charge >= 0.3 is 0 Å². The number of nitrogens with one attached hydrogen (secondary N) is 2. The van der Waals surface area contributed by atoms with Crippen molar-refractivity contribution in [2.75, 3.05) is 25.0 Å². The molecule has 1 aromatic rings. The van der Waals surface area contributed by atoms with E-state index in [1.54, 1.807) is 0 Å². The van der Waals surface area contributed by atoms with Crippen molar-refractivity contribution in [3.05, 3.63) is 29.7 Å². The van der Waals surface area contributed by atoms with Crippen LogP contribution in [0.4, 0.5) is 10.2 Å². The number of hydroxylamine groups is 1. The molecule has 9 heteroatoms. The minimum Gasteiger partial charge on any atom is -0.363 e. The molecular formula is C24H33FN4O4. The topological polar surface area (TPSA) is 92.8 Å². The highest BCUT2D eigenvalue weighted by Crippen LogP contribution is 2.27. The molecule has 2 N–H and O–H groups in total. The van der Waals surface area contributed by atoms with Crippen LogP contribution in [0.25, 0.3) is 6.08 Å². The molecule has 0 radical (unpaired) electrons. The predicted molar refractivity (Wildman–Crippen MR) is 121 cm³/mol. The predicted octanol–water partition coefficient (Wildman–Crippen LogP) is 3.40. The number of hydrogen-bond acceptors (Lipinski definition) is 6. The summed E-state index contributed by atoms with van der Waals surface area (Å²) in [6.07, 6.45) is 12.8. The van der Waals surface area contributed by atoms with Crippen LogP contribution in [0.1, 0.15) is 63.4 Å². The van der Waals surface area contributed by atoms with Gasteiger partial charge in [0.05, 0.1) is 0 Å². The number of amides is 2. The van der Waals surface area contributed by atoms with E-state index in [4.69, 9.17) is 9.57 Å². The second-order valence-corrected chi connectivity index (χ2v) is 9.06. The Morgan fingerprint density at radius 2 is 1.97 bits per heavy atom. The molecule has 2 atom stereocenters. The maximum Gasteiger partial charge on any atom is 0.267 e. The molecule has 2 amide bonds. The van der Waals surface area contributed by atoms with E-state index >= 15 is 0 Å². The lowest BCUT2D eigenvalue weighted by Gasteiger charge is -2.26. The van der Waals surface area contributed by atoms with Gasteiger partial charge in [0.25, 0.3) is 5.91 Å². The molecule has 8 nitrogen and oxygen atoms in total. The molecule has 0 aromatic carbocycles. The van der Waals surface area contributed by atoms with Crippen LogP contribution in [0.5, 0.6) is 0 Å². The van der Waals surface area contributed by atoms with Crippen LogP contribution in [-0.4, -0.2) is 53.7 Å². The lowest BCUT2D eigenvalue weighted by molar-refractivity contribution is -0.198. The van der Waals surface area contributed by atoms with Crippen LogP contribution < -0.4 is 10.8 Å². The van der Waals surface area contributed by atoms with Gasteiger partial charge in [0.1, 0.15) is 0 Å². The lowest BCUT2D eigenvalue weighted by Crippen LogP contribution is -2.37. The first-order chi connectivity index (χ1) is 16.1. The molecule has 1 unspecified atom stereocenters. The van der Waals surface area contributed by atoms with Gasteiger partial charge in [0, 0.05) is 50.3 Å². The Bertz CT molecular complexity index is 853. The van der Waals surface area contributed by atoms with E-state index in [0.29, 0.717) is 25.3 Å². The number of nitrogens with zero attached hydrogens (tertiary/aromatic N) is 2. The smallest absolute Gasteiger partial charge is 0.267 e. The minimum absolute atomic E-state index is 0.0223. The van der Waals surface area contributed by atoms with E-state index in [0.717, 1.165) is 51.4 Å². The summed E-state index contributed by atoms with van der Waals surface area (Å²) < 4.78 is 20.0. The van der Waals surface area contributed by atoms with Crippen molar-refractivity contribution in [3.8, 4) is 0 Å². The Balaban J connectivity index is 1.24. The van der Waals surface area contributed by atoms with E-state index < -0.39 is 18.0 Å². The van der Waals surface area contributed by atoms with Gasteiger partial charge < -0.3 is 15.0 Å². The Morgan fingerprint density at radius 1 is 1.15 bits per heavy atom. The summed E-state index contributed by atoms with van der Waals surface area (Å²) >= 11 is 0. The van der Waals surface area contributed by atoms with Gasteiger partial charge in [-0.25, -0.2) is 19.7 Å². The Morgan fingerprint density at radius 3 is 2.73 bits per heavy atom. The molecule has 1 saturated carbocycles. The summed E-state index contributed by atoms with van der Waals surface area (Å²) in [6, 6.07) is 1.30. The minimum atomic E-state index is -0.499. The third kappa shape index (κ3) is 6.74. The number of rotatable bonds is 7. The Hall–Kier alpha value is -2.52. The van der Waals surface area contributed by atoms with Gasteiger partial charge in [-0.2, -0.15) is 0 Å². The Labute approximate surface area is 193 Å². The fourth-order valence-corrected chi connectivity index (χ4v) is 4.66. The van der Waals surface area contributed by atoms with E-state index in [1.165, 1.54) is 30.8 Å². The van der Waals surface area contributed by atoms with E-state index in [2.05, 4.69) is 15.8 Å². The number of hydrogen-bond donors (Lipinski definition) is 2. The van der Waals surface area contributed by atoms with Crippen molar-refractivity contribution in [2.45, 2.75) is 70.1 Å². The van der Waals surface area contributed by atoms with E-state index in [-0.39, 0.29) is 23.7 Å². The van der Waals surface area contributed by atoms with Crippen LogP contribution in [-0.2, 0) is 19.2 Å². The Kier molecular flexibility index (Phi) is 8.28. The molecule has 3 fully saturated rings. The van der Waals surface area contributed by atoms with Gasteiger partial charge in [0.2, 0.25) is 5.91 Å². The summed E-state index contributed by atoms with van der Waals surface area (Å²) in [5.74, 6) is -0.408. The van der Waals surface area contributed by atoms with Gasteiger partial charge in [-0.1, -0.05) is 19.3 Å². The lowest BCUT2D eigenvalue weighted by atomic mass is 9.88. The fraction of sp³-hybridized carbons (Fsp3) is 0.625. The normalized spacial score (nSPS) is 24.2. The number of aromatic nitrogens is 1. The number of likely N-dealkylation sites (tertiary alicyclic amines) is 1. The monoisotopic (exact) mass is 460 g/mol. The molecule has 180 valence electrons. The fourth-order valence-electron chi connectivity index (χ4n) is 4.66. The first-order valence-electron chi connectivity index (χ1n) is 12.0. The van der Waals surface area contributed by atoms with Crippen LogP contribution in [0.2, 0.25) is 0 Å². The molecule has 2 aliphatic heterocycles. The number of pyridine rings is 1. The van der Waals surface area contributed by atoms with Gasteiger partial charge in [-0.05, 0) is 49.8 Å². The summed E-state index contributed by atoms with van der Waals surface area (Å²) in [5.41, 5.74) is 2.79. The van der Waals surface area contributed by atoms with Crippen molar-refractivity contribution in [2.24, 2.45) is 5.92 Å². The third-order valence-electron chi connectivity index (χ3n) is 6.51. The molecule has 33 heavy (non-hydrogen) atoms. The van der Waals surface area contributed by atoms with Crippen molar-refractivity contribution >= 4 is 23.7 Å². The molecule has 0 spiro atoms.